The summed E-state index contributed by atoms with van der Waals surface area (Å²) in [6, 6.07) is 33.8. The average molecular weight is 816 g/mol. The van der Waals surface area contributed by atoms with Crippen LogP contribution in [0.1, 0.15) is 80.1 Å². The Labute approximate surface area is 303 Å². The Balaban J connectivity index is 0.00000448. The van der Waals surface area contributed by atoms with Crippen molar-refractivity contribution in [3.63, 3.8) is 0 Å². The molecule has 1 aliphatic heterocycles. The summed E-state index contributed by atoms with van der Waals surface area (Å²) in [6.45, 7) is 12.9. The summed E-state index contributed by atoms with van der Waals surface area (Å²) in [4.78, 5) is 7.82. The summed E-state index contributed by atoms with van der Waals surface area (Å²) in [5.41, 5.74) is 9.07. The number of para-hydroxylation sites is 1. The van der Waals surface area contributed by atoms with Crippen LogP contribution in [0.25, 0.3) is 38.8 Å². The van der Waals surface area contributed by atoms with Crippen molar-refractivity contribution < 1.29 is 29.9 Å². The molecule has 248 valence electrons. The van der Waals surface area contributed by atoms with Gasteiger partial charge < -0.3 is 19.1 Å². The van der Waals surface area contributed by atoms with Gasteiger partial charge in [0.1, 0.15) is 5.82 Å². The number of pyridine rings is 1. The minimum Gasteiger partial charge on any atom is -0.510 e. The summed E-state index contributed by atoms with van der Waals surface area (Å²) in [5, 5.41) is 2.15. The van der Waals surface area contributed by atoms with Gasteiger partial charge in [0, 0.05) is 48.4 Å². The molecule has 0 fully saturated rings. The van der Waals surface area contributed by atoms with Crippen LogP contribution in [0.2, 0.25) is 0 Å². The van der Waals surface area contributed by atoms with Crippen molar-refractivity contribution in [2.75, 3.05) is 11.9 Å². The van der Waals surface area contributed by atoms with Gasteiger partial charge in [0.05, 0.1) is 0 Å². The standard InChI is InChI=1S/C42H41N4O.Pt/c1-27(2)31-21-37(28(3)4)42(38(22-31)29(5)6)30-17-18-43-41(23-30)46-39-14-9-8-13-35(39)36-16-15-34(25-40(36)46)47-33-12-10-11-32(24-33)45-20-19-44(7)26-45;/h8-23,26-29H,1-7H3;/q-3;/i7D3;. The first-order valence-electron chi connectivity index (χ1n) is 17.8. The maximum absolute atomic E-state index is 7.69. The Morgan fingerprint density at radius 3 is 2.23 bits per heavy atom. The van der Waals surface area contributed by atoms with E-state index in [0.29, 0.717) is 34.9 Å². The first-order chi connectivity index (χ1) is 23.9. The number of hydrogen-bond acceptors (Lipinski definition) is 4. The molecule has 0 spiro atoms. The molecule has 4 aromatic carbocycles. The summed E-state index contributed by atoms with van der Waals surface area (Å²) in [7, 11) is 0. The molecule has 0 amide bonds. The van der Waals surface area contributed by atoms with Crippen LogP contribution in [-0.2, 0) is 21.1 Å². The first kappa shape index (κ1) is 29.8. The van der Waals surface area contributed by atoms with E-state index in [1.165, 1.54) is 40.0 Å². The van der Waals surface area contributed by atoms with E-state index in [-0.39, 0.29) is 21.1 Å². The van der Waals surface area contributed by atoms with Gasteiger partial charge >= 0.3 is 0 Å². The smallest absolute Gasteiger partial charge is 0.136 e. The van der Waals surface area contributed by atoms with E-state index in [1.54, 1.807) is 11.1 Å². The van der Waals surface area contributed by atoms with Crippen molar-refractivity contribution in [3.8, 4) is 28.4 Å². The zero-order valence-corrected chi connectivity index (χ0v) is 30.3. The van der Waals surface area contributed by atoms with Crippen LogP contribution in [0.4, 0.5) is 5.69 Å². The van der Waals surface area contributed by atoms with Crippen LogP contribution in [0.3, 0.4) is 0 Å². The third kappa shape index (κ3) is 6.29. The molecule has 0 radical (unpaired) electrons. The normalized spacial score (nSPS) is 14.2. The predicted molar refractivity (Wildman–Crippen MR) is 194 cm³/mol. The van der Waals surface area contributed by atoms with Crippen molar-refractivity contribution in [2.45, 2.75) is 59.3 Å². The van der Waals surface area contributed by atoms with Crippen molar-refractivity contribution in [1.82, 2.24) is 14.5 Å². The fourth-order valence-corrected chi connectivity index (χ4v) is 6.42. The largest absolute Gasteiger partial charge is 0.510 e. The first-order valence-corrected chi connectivity index (χ1v) is 16.3. The Kier molecular flexibility index (Phi) is 8.46. The van der Waals surface area contributed by atoms with Gasteiger partial charge in [0.2, 0.25) is 0 Å². The van der Waals surface area contributed by atoms with E-state index in [0.717, 1.165) is 33.2 Å². The Morgan fingerprint density at radius 2 is 1.52 bits per heavy atom. The number of benzene rings is 4. The van der Waals surface area contributed by atoms with Gasteiger partial charge in [-0.25, -0.2) is 4.98 Å². The van der Waals surface area contributed by atoms with Gasteiger partial charge in [-0.2, -0.15) is 18.8 Å². The van der Waals surface area contributed by atoms with E-state index in [1.807, 2.05) is 30.5 Å². The van der Waals surface area contributed by atoms with Crippen LogP contribution in [0.5, 0.6) is 11.5 Å². The van der Waals surface area contributed by atoms with E-state index >= 15 is 0 Å². The third-order valence-electron chi connectivity index (χ3n) is 8.84. The topological polar surface area (TPSA) is 33.5 Å². The van der Waals surface area contributed by atoms with Crippen molar-refractivity contribution in [3.05, 3.63) is 133 Å². The third-order valence-corrected chi connectivity index (χ3v) is 8.84. The zero-order chi connectivity index (χ0) is 35.3. The second-order valence-corrected chi connectivity index (χ2v) is 13.1. The number of nitrogens with zero attached hydrogens (tertiary/aromatic N) is 4. The quantitative estimate of drug-likeness (QED) is 0.143. The number of aromatic nitrogens is 2. The van der Waals surface area contributed by atoms with E-state index in [9.17, 15) is 0 Å². The number of anilines is 1. The molecular formula is C42H41N4OPt-3. The molecule has 3 heterocycles. The van der Waals surface area contributed by atoms with Crippen LogP contribution in [0.15, 0.2) is 97.5 Å². The molecule has 0 aliphatic carbocycles. The maximum atomic E-state index is 7.69. The van der Waals surface area contributed by atoms with Gasteiger partial charge in [-0.05, 0) is 88.5 Å². The molecule has 5 nitrogen and oxygen atoms in total. The van der Waals surface area contributed by atoms with E-state index < -0.39 is 6.98 Å². The molecule has 0 N–H and O–H groups in total. The molecular weight excluding hydrogens is 772 g/mol. The van der Waals surface area contributed by atoms with Gasteiger partial charge in [-0.1, -0.05) is 77.4 Å². The zero-order valence-electron chi connectivity index (χ0n) is 31.1. The van der Waals surface area contributed by atoms with Crippen molar-refractivity contribution in [2.24, 2.45) is 0 Å². The number of ether oxygens (including phenoxy) is 1. The average Bonchev–Trinajstić information content (AvgIpc) is 3.72. The second-order valence-electron chi connectivity index (χ2n) is 13.1. The molecule has 48 heavy (non-hydrogen) atoms. The number of fused-ring (bicyclic) bond motifs is 3. The van der Waals surface area contributed by atoms with Crippen molar-refractivity contribution >= 4 is 27.5 Å². The maximum Gasteiger partial charge on any atom is 0.136 e. The van der Waals surface area contributed by atoms with E-state index in [4.69, 9.17) is 13.8 Å². The molecule has 7 rings (SSSR count). The molecule has 0 saturated heterocycles. The number of rotatable bonds is 8. The molecule has 1 aliphatic rings. The van der Waals surface area contributed by atoms with Crippen LogP contribution < -0.4 is 9.64 Å². The van der Waals surface area contributed by atoms with Crippen molar-refractivity contribution in [1.29, 1.82) is 0 Å². The fourth-order valence-electron chi connectivity index (χ4n) is 6.42. The molecule has 0 unspecified atom stereocenters. The van der Waals surface area contributed by atoms with Crippen LogP contribution in [0, 0.1) is 18.8 Å². The van der Waals surface area contributed by atoms with Crippen LogP contribution >= 0.6 is 0 Å². The molecule has 0 saturated carbocycles. The molecule has 0 atom stereocenters. The van der Waals surface area contributed by atoms with Crippen LogP contribution in [-0.4, -0.2) is 21.4 Å². The summed E-state index contributed by atoms with van der Waals surface area (Å²) < 4.78 is 31.6. The molecule has 0 bridgehead atoms. The van der Waals surface area contributed by atoms with E-state index in [2.05, 4.69) is 113 Å². The van der Waals surface area contributed by atoms with Gasteiger partial charge in [-0.3, -0.25) is 0 Å². The van der Waals surface area contributed by atoms with Gasteiger partial charge in [-0.15, -0.1) is 41.4 Å². The Morgan fingerprint density at radius 1 is 0.771 bits per heavy atom. The summed E-state index contributed by atoms with van der Waals surface area (Å²) in [5.74, 6) is 2.98. The molecule has 6 heteroatoms. The monoisotopic (exact) mass is 815 g/mol. The number of hydrogen-bond donors (Lipinski definition) is 0. The minimum atomic E-state index is -2.26. The Bertz CT molecular complexity index is 2210. The van der Waals surface area contributed by atoms with Gasteiger partial charge in [0.25, 0.3) is 0 Å². The minimum absolute atomic E-state index is 0. The van der Waals surface area contributed by atoms with Gasteiger partial charge in [0.15, 0.2) is 0 Å². The SMILES string of the molecule is [2H]C([2H])([2H])N1C=CN(c2[c-]c(Oc3[c-]c4c(cc3)c3ccccc3n4-c3cc(-c4c(C(C)C)cc(C(C)C)cc4C(C)C)ccn3)ccc2)[CH-]1.[Pt]. The molecule has 2 aromatic heterocycles. The fraction of sp³-hybridized carbons (Fsp3) is 0.238. The summed E-state index contributed by atoms with van der Waals surface area (Å²) in [6.07, 6.45) is 5.12. The predicted octanol–water partition coefficient (Wildman–Crippen LogP) is 10.9. The Hall–Kier alpha value is -4.34. The molecule has 6 aromatic rings. The second kappa shape index (κ2) is 13.6. The summed E-state index contributed by atoms with van der Waals surface area (Å²) >= 11 is 0.